The molecule has 0 spiro atoms. The van der Waals surface area contributed by atoms with Crippen molar-refractivity contribution in [3.05, 3.63) is 56.4 Å². The third-order valence-electron chi connectivity index (χ3n) is 5.02. The SMILES string of the molecule is CCCCCn1nc(C(=O)NNC(=O)c2cnc(C3CC3)s2)c2ccccc2c1=O. The standard InChI is InChI=1S/C21H23N5O3S/c1-2-3-6-11-26-21(29)15-8-5-4-7-14(15)17(25-26)19(28)24-23-18(27)16-12-22-20(30-16)13-9-10-13/h4-5,7-8,12-13H,2-3,6,9-11H2,1H3,(H,23,27)(H,24,28). The van der Waals surface area contributed by atoms with Crippen LogP contribution in [0.25, 0.3) is 10.8 Å². The number of thiazole rings is 1. The molecule has 0 bridgehead atoms. The number of amides is 2. The van der Waals surface area contributed by atoms with Gasteiger partial charge in [-0.3, -0.25) is 25.2 Å². The van der Waals surface area contributed by atoms with Gasteiger partial charge in [0.1, 0.15) is 4.88 Å². The molecule has 2 heterocycles. The average Bonchev–Trinajstić information content (AvgIpc) is 3.50. The van der Waals surface area contributed by atoms with E-state index < -0.39 is 11.8 Å². The normalized spacial score (nSPS) is 13.4. The van der Waals surface area contributed by atoms with Crippen LogP contribution in [0.2, 0.25) is 0 Å². The quantitative estimate of drug-likeness (QED) is 0.447. The Morgan fingerprint density at radius 3 is 2.60 bits per heavy atom. The molecule has 1 aliphatic carbocycles. The highest BCUT2D eigenvalue weighted by Gasteiger charge is 2.27. The first-order valence-electron chi connectivity index (χ1n) is 10.1. The molecule has 1 saturated carbocycles. The third-order valence-corrected chi connectivity index (χ3v) is 6.18. The summed E-state index contributed by atoms with van der Waals surface area (Å²) in [5.74, 6) is -0.528. The molecule has 0 atom stereocenters. The van der Waals surface area contributed by atoms with E-state index in [1.54, 1.807) is 24.3 Å². The van der Waals surface area contributed by atoms with Gasteiger partial charge in [0.2, 0.25) is 0 Å². The van der Waals surface area contributed by atoms with Crippen molar-refractivity contribution in [3.8, 4) is 0 Å². The van der Waals surface area contributed by atoms with Crippen molar-refractivity contribution < 1.29 is 9.59 Å². The van der Waals surface area contributed by atoms with Crippen LogP contribution in [0.4, 0.5) is 0 Å². The lowest BCUT2D eigenvalue weighted by Gasteiger charge is -2.11. The minimum absolute atomic E-state index is 0.102. The molecule has 0 aliphatic heterocycles. The molecular formula is C21H23N5O3S. The van der Waals surface area contributed by atoms with Gasteiger partial charge in [-0.1, -0.05) is 38.0 Å². The predicted molar refractivity (Wildman–Crippen MR) is 115 cm³/mol. The Hall–Kier alpha value is -3.07. The predicted octanol–water partition coefficient (Wildman–Crippen LogP) is 3.00. The molecule has 30 heavy (non-hydrogen) atoms. The van der Waals surface area contributed by atoms with Crippen LogP contribution in [0.15, 0.2) is 35.3 Å². The molecule has 0 saturated heterocycles. The zero-order valence-corrected chi connectivity index (χ0v) is 17.5. The lowest BCUT2D eigenvalue weighted by molar-refractivity contribution is 0.0845. The second-order valence-corrected chi connectivity index (χ2v) is 8.44. The van der Waals surface area contributed by atoms with Gasteiger partial charge in [0.15, 0.2) is 5.69 Å². The van der Waals surface area contributed by atoms with Gasteiger partial charge in [0.05, 0.1) is 16.6 Å². The summed E-state index contributed by atoms with van der Waals surface area (Å²) in [5.41, 5.74) is 4.72. The molecule has 4 rings (SSSR count). The van der Waals surface area contributed by atoms with Crippen molar-refractivity contribution >= 4 is 33.9 Å². The van der Waals surface area contributed by atoms with Gasteiger partial charge in [-0.25, -0.2) is 9.67 Å². The number of nitrogens with zero attached hydrogens (tertiary/aromatic N) is 3. The fraction of sp³-hybridized carbons (Fsp3) is 0.381. The van der Waals surface area contributed by atoms with Crippen LogP contribution in [-0.2, 0) is 6.54 Å². The van der Waals surface area contributed by atoms with Crippen molar-refractivity contribution in [2.24, 2.45) is 0 Å². The zero-order valence-electron chi connectivity index (χ0n) is 16.7. The molecule has 9 heteroatoms. The minimum Gasteiger partial charge on any atom is -0.267 e. The van der Waals surface area contributed by atoms with Crippen molar-refractivity contribution in [1.82, 2.24) is 25.6 Å². The van der Waals surface area contributed by atoms with Gasteiger partial charge in [-0.05, 0) is 25.3 Å². The number of hydrazine groups is 1. The van der Waals surface area contributed by atoms with Crippen molar-refractivity contribution in [3.63, 3.8) is 0 Å². The van der Waals surface area contributed by atoms with E-state index in [1.165, 1.54) is 22.2 Å². The monoisotopic (exact) mass is 425 g/mol. The Morgan fingerprint density at radius 2 is 1.87 bits per heavy atom. The van der Waals surface area contributed by atoms with Crippen LogP contribution in [0.3, 0.4) is 0 Å². The second-order valence-electron chi connectivity index (χ2n) is 7.37. The first kappa shape index (κ1) is 20.2. The van der Waals surface area contributed by atoms with E-state index in [4.69, 9.17) is 0 Å². The van der Waals surface area contributed by atoms with E-state index in [1.807, 2.05) is 0 Å². The number of aryl methyl sites for hydroxylation is 1. The zero-order chi connectivity index (χ0) is 21.1. The number of aromatic nitrogens is 3. The van der Waals surface area contributed by atoms with Gasteiger partial charge in [0, 0.05) is 17.8 Å². The molecule has 0 unspecified atom stereocenters. The van der Waals surface area contributed by atoms with Crippen LogP contribution in [0, 0.1) is 0 Å². The molecule has 3 aromatic rings. The third kappa shape index (κ3) is 4.25. The molecule has 1 fully saturated rings. The lowest BCUT2D eigenvalue weighted by Crippen LogP contribution is -2.42. The van der Waals surface area contributed by atoms with Crippen LogP contribution in [0.5, 0.6) is 0 Å². The van der Waals surface area contributed by atoms with E-state index in [0.29, 0.717) is 28.1 Å². The molecule has 156 valence electrons. The lowest BCUT2D eigenvalue weighted by atomic mass is 10.1. The number of benzene rings is 1. The Bertz CT molecular complexity index is 1150. The summed E-state index contributed by atoms with van der Waals surface area (Å²) < 4.78 is 1.33. The molecule has 0 radical (unpaired) electrons. The topological polar surface area (TPSA) is 106 Å². The first-order chi connectivity index (χ1) is 14.6. The largest absolute Gasteiger partial charge is 0.290 e. The summed E-state index contributed by atoms with van der Waals surface area (Å²) in [6.07, 6.45) is 6.53. The summed E-state index contributed by atoms with van der Waals surface area (Å²) in [6, 6.07) is 6.87. The first-order valence-corrected chi connectivity index (χ1v) is 11.0. The van der Waals surface area contributed by atoms with Crippen LogP contribution < -0.4 is 16.4 Å². The number of unbranched alkanes of at least 4 members (excludes halogenated alkanes) is 2. The highest BCUT2D eigenvalue weighted by atomic mass is 32.1. The van der Waals surface area contributed by atoms with E-state index >= 15 is 0 Å². The van der Waals surface area contributed by atoms with Crippen molar-refractivity contribution in [2.45, 2.75) is 51.5 Å². The molecule has 1 aromatic carbocycles. The number of nitrogens with one attached hydrogen (secondary N) is 2. The molecule has 2 aromatic heterocycles. The molecule has 2 N–H and O–H groups in total. The van der Waals surface area contributed by atoms with Crippen LogP contribution >= 0.6 is 11.3 Å². The minimum atomic E-state index is -0.573. The van der Waals surface area contributed by atoms with E-state index in [9.17, 15) is 14.4 Å². The number of hydrogen-bond acceptors (Lipinski definition) is 6. The van der Waals surface area contributed by atoms with E-state index in [2.05, 4.69) is 27.9 Å². The smallest absolute Gasteiger partial charge is 0.267 e. The van der Waals surface area contributed by atoms with Crippen LogP contribution in [-0.4, -0.2) is 26.6 Å². The van der Waals surface area contributed by atoms with Crippen molar-refractivity contribution in [1.29, 1.82) is 0 Å². The maximum Gasteiger partial charge on any atom is 0.290 e. The Morgan fingerprint density at radius 1 is 1.13 bits per heavy atom. The molecule has 2 amide bonds. The highest BCUT2D eigenvalue weighted by Crippen LogP contribution is 2.41. The maximum atomic E-state index is 12.8. The maximum absolute atomic E-state index is 12.8. The number of fused-ring (bicyclic) bond motifs is 1. The number of carbonyl (C=O) groups excluding carboxylic acids is 2. The van der Waals surface area contributed by atoms with E-state index in [0.717, 1.165) is 37.1 Å². The van der Waals surface area contributed by atoms with Gasteiger partial charge >= 0.3 is 0 Å². The van der Waals surface area contributed by atoms with E-state index in [-0.39, 0.29) is 11.3 Å². The highest BCUT2D eigenvalue weighted by molar-refractivity contribution is 7.13. The van der Waals surface area contributed by atoms with Crippen molar-refractivity contribution in [2.75, 3.05) is 0 Å². The summed E-state index contributed by atoms with van der Waals surface area (Å²) in [5, 5.41) is 6.13. The van der Waals surface area contributed by atoms with Crippen LogP contribution in [0.1, 0.15) is 70.1 Å². The Kier molecular flexibility index (Phi) is 5.89. The van der Waals surface area contributed by atoms with Gasteiger partial charge < -0.3 is 0 Å². The molecule has 1 aliphatic rings. The number of rotatable bonds is 7. The fourth-order valence-electron chi connectivity index (χ4n) is 3.21. The van der Waals surface area contributed by atoms with Gasteiger partial charge in [-0.15, -0.1) is 11.3 Å². The summed E-state index contributed by atoms with van der Waals surface area (Å²) in [6.45, 7) is 2.52. The number of carbonyl (C=O) groups is 2. The second kappa shape index (κ2) is 8.74. The summed E-state index contributed by atoms with van der Waals surface area (Å²) in [7, 11) is 0. The van der Waals surface area contributed by atoms with Gasteiger partial charge in [-0.2, -0.15) is 5.10 Å². The number of hydrogen-bond donors (Lipinski definition) is 2. The average molecular weight is 426 g/mol. The Labute approximate surface area is 177 Å². The summed E-state index contributed by atoms with van der Waals surface area (Å²) >= 11 is 1.34. The summed E-state index contributed by atoms with van der Waals surface area (Å²) in [4.78, 5) is 42.6. The molecular weight excluding hydrogens is 402 g/mol. The molecule has 8 nitrogen and oxygen atoms in total. The Balaban J connectivity index is 1.53. The fourth-order valence-corrected chi connectivity index (χ4v) is 4.19. The van der Waals surface area contributed by atoms with Gasteiger partial charge in [0.25, 0.3) is 17.4 Å².